The van der Waals surface area contributed by atoms with Crippen LogP contribution in [0.4, 0.5) is 18.9 Å². The average molecular weight is 399 g/mol. The number of rotatable bonds is 3. The van der Waals surface area contributed by atoms with Crippen LogP contribution in [0, 0.1) is 20.8 Å². The van der Waals surface area contributed by atoms with Crippen molar-refractivity contribution in [1.82, 2.24) is 0 Å². The smallest absolute Gasteiger partial charge is 0.280 e. The fraction of sp³-hybridized carbons (Fsp3) is 0.400. The SMILES string of the molecule is Cc1cc(NS(=O)(=O)c2c(C)cc(C(C)(C)C)cc2C)cc(C(F)(F)F)c1. The van der Waals surface area contributed by atoms with Gasteiger partial charge in [-0.3, -0.25) is 4.72 Å². The van der Waals surface area contributed by atoms with E-state index in [-0.39, 0.29) is 16.0 Å². The molecular weight excluding hydrogens is 375 g/mol. The standard InChI is InChI=1S/C20H24F3NO2S/c1-12-7-16(20(21,22)23)11-17(8-12)24-27(25,26)18-13(2)9-15(10-14(18)3)19(4,5)6/h7-11,24H,1-6H3. The molecule has 0 saturated carbocycles. The van der Waals surface area contributed by atoms with Crippen LogP contribution in [0.3, 0.4) is 0 Å². The molecule has 2 aromatic carbocycles. The number of halogens is 3. The molecule has 2 rings (SSSR count). The van der Waals surface area contributed by atoms with Gasteiger partial charge >= 0.3 is 6.18 Å². The van der Waals surface area contributed by atoms with E-state index in [1.807, 2.05) is 20.8 Å². The molecule has 7 heteroatoms. The highest BCUT2D eigenvalue weighted by Crippen LogP contribution is 2.34. The lowest BCUT2D eigenvalue weighted by Gasteiger charge is -2.22. The molecule has 27 heavy (non-hydrogen) atoms. The minimum Gasteiger partial charge on any atom is -0.280 e. The maximum absolute atomic E-state index is 13.0. The van der Waals surface area contributed by atoms with Crippen molar-refractivity contribution < 1.29 is 21.6 Å². The summed E-state index contributed by atoms with van der Waals surface area (Å²) >= 11 is 0. The van der Waals surface area contributed by atoms with Gasteiger partial charge in [0.15, 0.2) is 0 Å². The second-order valence-electron chi connectivity index (χ2n) is 7.88. The Balaban J connectivity index is 2.51. The van der Waals surface area contributed by atoms with Gasteiger partial charge in [0.05, 0.1) is 10.5 Å². The van der Waals surface area contributed by atoms with E-state index < -0.39 is 21.8 Å². The van der Waals surface area contributed by atoms with Gasteiger partial charge in [0.2, 0.25) is 0 Å². The molecule has 0 aliphatic heterocycles. The van der Waals surface area contributed by atoms with Crippen molar-refractivity contribution in [3.05, 3.63) is 58.1 Å². The first-order valence-electron chi connectivity index (χ1n) is 8.45. The minimum absolute atomic E-state index is 0.0885. The molecule has 0 spiro atoms. The molecule has 0 unspecified atom stereocenters. The van der Waals surface area contributed by atoms with Crippen LogP contribution in [-0.4, -0.2) is 8.42 Å². The van der Waals surface area contributed by atoms with Gasteiger partial charge in [-0.2, -0.15) is 13.2 Å². The summed E-state index contributed by atoms with van der Waals surface area (Å²) in [5.41, 5.74) is 1.26. The van der Waals surface area contributed by atoms with Crippen molar-refractivity contribution in [3.63, 3.8) is 0 Å². The number of benzene rings is 2. The predicted molar refractivity (Wildman–Crippen MR) is 102 cm³/mol. The lowest BCUT2D eigenvalue weighted by molar-refractivity contribution is -0.137. The van der Waals surface area contributed by atoms with E-state index in [0.717, 1.165) is 17.7 Å². The van der Waals surface area contributed by atoms with Gasteiger partial charge in [0.25, 0.3) is 10.0 Å². The van der Waals surface area contributed by atoms with Gasteiger partial charge in [-0.05, 0) is 66.6 Å². The fourth-order valence-electron chi connectivity index (χ4n) is 3.02. The third-order valence-corrected chi connectivity index (χ3v) is 5.94. The highest BCUT2D eigenvalue weighted by Gasteiger charge is 2.31. The van der Waals surface area contributed by atoms with Crippen LogP contribution in [0.15, 0.2) is 35.2 Å². The second-order valence-corrected chi connectivity index (χ2v) is 9.50. The zero-order valence-electron chi connectivity index (χ0n) is 16.2. The van der Waals surface area contributed by atoms with Crippen molar-refractivity contribution in [2.75, 3.05) is 4.72 Å². The Bertz CT molecular complexity index is 949. The van der Waals surface area contributed by atoms with Crippen LogP contribution < -0.4 is 4.72 Å². The first-order chi connectivity index (χ1) is 12.1. The molecule has 0 aliphatic rings. The zero-order valence-corrected chi connectivity index (χ0v) is 17.1. The van der Waals surface area contributed by atoms with Crippen molar-refractivity contribution in [3.8, 4) is 0 Å². The fourth-order valence-corrected chi connectivity index (χ4v) is 4.51. The number of nitrogens with one attached hydrogen (secondary N) is 1. The Hall–Kier alpha value is -2.02. The molecular formula is C20H24F3NO2S. The largest absolute Gasteiger partial charge is 0.416 e. The van der Waals surface area contributed by atoms with Gasteiger partial charge in [-0.1, -0.05) is 32.9 Å². The molecule has 3 nitrogen and oxygen atoms in total. The summed E-state index contributed by atoms with van der Waals surface area (Å²) in [7, 11) is -4.03. The molecule has 0 radical (unpaired) electrons. The molecule has 1 N–H and O–H groups in total. The Morgan fingerprint density at radius 2 is 1.33 bits per heavy atom. The number of hydrogen-bond acceptors (Lipinski definition) is 2. The lowest BCUT2D eigenvalue weighted by Crippen LogP contribution is -2.18. The number of sulfonamides is 1. The number of hydrogen-bond donors (Lipinski definition) is 1. The molecule has 0 fully saturated rings. The van der Waals surface area contributed by atoms with E-state index in [4.69, 9.17) is 0 Å². The zero-order chi connectivity index (χ0) is 20.8. The summed E-state index contributed by atoms with van der Waals surface area (Å²) < 4.78 is 67.1. The van der Waals surface area contributed by atoms with Crippen molar-refractivity contribution >= 4 is 15.7 Å². The molecule has 2 aromatic rings. The predicted octanol–water partition coefficient (Wildman–Crippen LogP) is 5.73. The van der Waals surface area contributed by atoms with Gasteiger partial charge in [-0.15, -0.1) is 0 Å². The molecule has 0 bridgehead atoms. The molecule has 0 saturated heterocycles. The van der Waals surface area contributed by atoms with E-state index >= 15 is 0 Å². The first-order valence-corrected chi connectivity index (χ1v) is 9.93. The average Bonchev–Trinajstić information content (AvgIpc) is 2.42. The number of aryl methyl sites for hydroxylation is 3. The third-order valence-electron chi connectivity index (χ3n) is 4.25. The number of alkyl halides is 3. The molecule has 0 aromatic heterocycles. The van der Waals surface area contributed by atoms with Crippen molar-refractivity contribution in [1.29, 1.82) is 0 Å². The van der Waals surface area contributed by atoms with Crippen LogP contribution in [0.5, 0.6) is 0 Å². The summed E-state index contributed by atoms with van der Waals surface area (Å²) in [6.07, 6.45) is -4.55. The minimum atomic E-state index is -4.55. The molecule has 148 valence electrons. The van der Waals surface area contributed by atoms with Crippen molar-refractivity contribution in [2.24, 2.45) is 0 Å². The first kappa shape index (κ1) is 21.3. The monoisotopic (exact) mass is 399 g/mol. The maximum Gasteiger partial charge on any atom is 0.416 e. The van der Waals surface area contributed by atoms with Crippen molar-refractivity contribution in [2.45, 2.75) is 58.0 Å². The molecule has 0 aliphatic carbocycles. The van der Waals surface area contributed by atoms with Crippen LogP contribution in [0.25, 0.3) is 0 Å². The number of anilines is 1. The summed E-state index contributed by atoms with van der Waals surface area (Å²) in [5.74, 6) is 0. The highest BCUT2D eigenvalue weighted by atomic mass is 32.2. The van der Waals surface area contributed by atoms with E-state index in [1.165, 1.54) is 13.0 Å². The van der Waals surface area contributed by atoms with Crippen LogP contribution in [0.2, 0.25) is 0 Å². The summed E-state index contributed by atoms with van der Waals surface area (Å²) in [5, 5.41) is 0. The Morgan fingerprint density at radius 1 is 0.815 bits per heavy atom. The topological polar surface area (TPSA) is 46.2 Å². The Labute approximate surface area is 158 Å². The lowest BCUT2D eigenvalue weighted by atomic mass is 9.85. The summed E-state index contributed by atoms with van der Waals surface area (Å²) in [4.78, 5) is 0.0885. The molecule has 0 heterocycles. The summed E-state index contributed by atoms with van der Waals surface area (Å²) in [6.45, 7) is 10.9. The van der Waals surface area contributed by atoms with Gasteiger partial charge < -0.3 is 0 Å². The second kappa shape index (κ2) is 6.86. The van der Waals surface area contributed by atoms with E-state index in [1.54, 1.807) is 26.0 Å². The van der Waals surface area contributed by atoms with Gasteiger partial charge in [0.1, 0.15) is 0 Å². The maximum atomic E-state index is 13.0. The summed E-state index contributed by atoms with van der Waals surface area (Å²) in [6, 6.07) is 6.77. The molecule has 0 atom stereocenters. The van der Waals surface area contributed by atoms with Crippen LogP contribution in [0.1, 0.15) is 48.6 Å². The highest BCUT2D eigenvalue weighted by molar-refractivity contribution is 7.92. The quantitative estimate of drug-likeness (QED) is 0.716. The van der Waals surface area contributed by atoms with Gasteiger partial charge in [-0.25, -0.2) is 8.42 Å². The van der Waals surface area contributed by atoms with E-state index in [2.05, 4.69) is 4.72 Å². The van der Waals surface area contributed by atoms with E-state index in [9.17, 15) is 21.6 Å². The molecule has 0 amide bonds. The normalized spacial score (nSPS) is 12.9. The van der Waals surface area contributed by atoms with Crippen LogP contribution >= 0.6 is 0 Å². The van der Waals surface area contributed by atoms with E-state index in [0.29, 0.717) is 16.7 Å². The Kier molecular flexibility index (Phi) is 5.40. The Morgan fingerprint density at radius 3 is 1.78 bits per heavy atom. The van der Waals surface area contributed by atoms with Gasteiger partial charge in [0, 0.05) is 5.69 Å². The third kappa shape index (κ3) is 4.83. The van der Waals surface area contributed by atoms with Crippen LogP contribution in [-0.2, 0) is 21.6 Å².